The van der Waals surface area contributed by atoms with E-state index in [4.69, 9.17) is 11.6 Å². The smallest absolute Gasteiger partial charge is 0.131 e. The molecule has 0 aliphatic rings. The number of hydrogen-bond donors (Lipinski definition) is 0. The number of hydrogen-bond acceptors (Lipinski definition) is 2. The molecule has 1 heterocycles. The van der Waals surface area contributed by atoms with Gasteiger partial charge in [0.25, 0.3) is 0 Å². The van der Waals surface area contributed by atoms with Crippen LogP contribution < -0.4 is 4.90 Å². The van der Waals surface area contributed by atoms with Gasteiger partial charge in [0.15, 0.2) is 0 Å². The molecule has 0 radical (unpaired) electrons. The van der Waals surface area contributed by atoms with Crippen LogP contribution in [0.4, 0.5) is 5.69 Å². The lowest BCUT2D eigenvalue weighted by Crippen LogP contribution is -2.32. The number of nitrogens with zero attached hydrogens (tertiary/aromatic N) is 2. The zero-order valence-corrected chi connectivity index (χ0v) is 9.75. The maximum Gasteiger partial charge on any atom is 0.131 e. The van der Waals surface area contributed by atoms with Gasteiger partial charge in [-0.15, -0.1) is 0 Å². The fraction of sp³-hybridized carbons (Fsp3) is 0.545. The highest BCUT2D eigenvalue weighted by molar-refractivity contribution is 6.29. The third-order valence-electron chi connectivity index (χ3n) is 2.51. The molecule has 0 saturated heterocycles. The minimum Gasteiger partial charge on any atom is -0.369 e. The van der Waals surface area contributed by atoms with Crippen molar-refractivity contribution in [2.75, 3.05) is 11.4 Å². The quantitative estimate of drug-likeness (QED) is 0.712. The summed E-state index contributed by atoms with van der Waals surface area (Å²) in [5.41, 5.74) is 1.15. The topological polar surface area (TPSA) is 16.1 Å². The van der Waals surface area contributed by atoms with Crippen LogP contribution in [0.2, 0.25) is 5.15 Å². The molecule has 0 N–H and O–H groups in total. The lowest BCUT2D eigenvalue weighted by atomic mass is 10.2. The fourth-order valence-corrected chi connectivity index (χ4v) is 1.71. The summed E-state index contributed by atoms with van der Waals surface area (Å²) in [5, 5.41) is 0.559. The van der Waals surface area contributed by atoms with Crippen molar-refractivity contribution in [3.8, 4) is 0 Å². The highest BCUT2D eigenvalue weighted by Gasteiger charge is 2.10. The van der Waals surface area contributed by atoms with Crippen LogP contribution in [0.25, 0.3) is 0 Å². The average molecular weight is 213 g/mol. The summed E-state index contributed by atoms with van der Waals surface area (Å²) in [6, 6.07) is 4.46. The molecule has 3 heteroatoms. The molecule has 0 aliphatic heterocycles. The molecule has 78 valence electrons. The Kier molecular flexibility index (Phi) is 4.21. The summed E-state index contributed by atoms with van der Waals surface area (Å²) >= 11 is 5.86. The number of pyridine rings is 1. The summed E-state index contributed by atoms with van der Waals surface area (Å²) in [4.78, 5) is 6.31. The molecule has 2 nitrogen and oxygen atoms in total. The number of rotatable bonds is 4. The van der Waals surface area contributed by atoms with E-state index in [2.05, 4.69) is 30.7 Å². The standard InChI is InChI=1S/C11H17ClN2/c1-4-9(3)14(5-2)10-6-7-13-11(12)8-10/h6-9H,4-5H2,1-3H3. The van der Waals surface area contributed by atoms with Gasteiger partial charge in [0, 0.05) is 24.5 Å². The van der Waals surface area contributed by atoms with E-state index in [0.717, 1.165) is 18.7 Å². The second-order valence-electron chi connectivity index (χ2n) is 3.38. The minimum absolute atomic E-state index is 0.540. The molecular weight excluding hydrogens is 196 g/mol. The molecule has 0 aliphatic carbocycles. The predicted molar refractivity (Wildman–Crippen MR) is 62.0 cm³/mol. The van der Waals surface area contributed by atoms with Crippen molar-refractivity contribution < 1.29 is 0 Å². The largest absolute Gasteiger partial charge is 0.369 e. The molecule has 0 saturated carbocycles. The monoisotopic (exact) mass is 212 g/mol. The van der Waals surface area contributed by atoms with Gasteiger partial charge in [-0.2, -0.15) is 0 Å². The van der Waals surface area contributed by atoms with E-state index in [1.807, 2.05) is 12.1 Å². The highest BCUT2D eigenvalue weighted by atomic mass is 35.5. The number of aromatic nitrogens is 1. The Labute approximate surface area is 90.9 Å². The first kappa shape index (κ1) is 11.3. The van der Waals surface area contributed by atoms with Gasteiger partial charge >= 0.3 is 0 Å². The van der Waals surface area contributed by atoms with Crippen molar-refractivity contribution in [2.24, 2.45) is 0 Å². The molecule has 0 amide bonds. The Balaban J connectivity index is 2.89. The van der Waals surface area contributed by atoms with Crippen LogP contribution in [0.3, 0.4) is 0 Å². The first-order valence-corrected chi connectivity index (χ1v) is 5.45. The molecule has 0 fully saturated rings. The molecule has 14 heavy (non-hydrogen) atoms. The van der Waals surface area contributed by atoms with Crippen molar-refractivity contribution in [1.29, 1.82) is 0 Å². The van der Waals surface area contributed by atoms with Crippen LogP contribution in [0.5, 0.6) is 0 Å². The van der Waals surface area contributed by atoms with Crippen LogP contribution in [-0.2, 0) is 0 Å². The maximum atomic E-state index is 5.86. The summed E-state index contributed by atoms with van der Waals surface area (Å²) in [7, 11) is 0. The number of anilines is 1. The normalized spacial score (nSPS) is 12.6. The van der Waals surface area contributed by atoms with Crippen molar-refractivity contribution in [3.05, 3.63) is 23.5 Å². The Bertz CT molecular complexity index is 288. The first-order chi connectivity index (χ1) is 6.69. The van der Waals surface area contributed by atoms with Crippen molar-refractivity contribution in [3.63, 3.8) is 0 Å². The van der Waals surface area contributed by atoms with Crippen LogP contribution in [0, 0.1) is 0 Å². The minimum atomic E-state index is 0.540. The van der Waals surface area contributed by atoms with E-state index in [1.54, 1.807) is 6.20 Å². The molecular formula is C11H17ClN2. The van der Waals surface area contributed by atoms with Crippen molar-refractivity contribution in [2.45, 2.75) is 33.2 Å². The summed E-state index contributed by atoms with van der Waals surface area (Å²) in [5.74, 6) is 0. The van der Waals surface area contributed by atoms with Gasteiger partial charge in [-0.05, 0) is 32.4 Å². The van der Waals surface area contributed by atoms with Gasteiger partial charge in [-0.25, -0.2) is 4.98 Å². The predicted octanol–water partition coefficient (Wildman–Crippen LogP) is 3.36. The highest BCUT2D eigenvalue weighted by Crippen LogP contribution is 2.20. The Morgan fingerprint density at radius 2 is 2.21 bits per heavy atom. The second-order valence-corrected chi connectivity index (χ2v) is 3.77. The molecule has 1 rings (SSSR count). The molecule has 1 aromatic heterocycles. The lowest BCUT2D eigenvalue weighted by Gasteiger charge is -2.29. The molecule has 0 spiro atoms. The Morgan fingerprint density at radius 1 is 1.50 bits per heavy atom. The third-order valence-corrected chi connectivity index (χ3v) is 2.71. The molecule has 0 aromatic carbocycles. The SMILES string of the molecule is CCC(C)N(CC)c1ccnc(Cl)c1. The van der Waals surface area contributed by atoms with Gasteiger partial charge in [0.2, 0.25) is 0 Å². The van der Waals surface area contributed by atoms with Crippen LogP contribution >= 0.6 is 11.6 Å². The maximum absolute atomic E-state index is 5.86. The van der Waals surface area contributed by atoms with Crippen LogP contribution in [-0.4, -0.2) is 17.6 Å². The summed E-state index contributed by atoms with van der Waals surface area (Å²) in [6.45, 7) is 7.56. The molecule has 0 bridgehead atoms. The summed E-state index contributed by atoms with van der Waals surface area (Å²) in [6.07, 6.45) is 2.89. The third kappa shape index (κ3) is 2.61. The lowest BCUT2D eigenvalue weighted by molar-refractivity contribution is 0.630. The van der Waals surface area contributed by atoms with E-state index in [-0.39, 0.29) is 0 Å². The van der Waals surface area contributed by atoms with E-state index >= 15 is 0 Å². The zero-order chi connectivity index (χ0) is 10.6. The van der Waals surface area contributed by atoms with E-state index in [0.29, 0.717) is 11.2 Å². The first-order valence-electron chi connectivity index (χ1n) is 5.07. The van der Waals surface area contributed by atoms with E-state index in [1.165, 1.54) is 0 Å². The van der Waals surface area contributed by atoms with Gasteiger partial charge in [0.05, 0.1) is 0 Å². The summed E-state index contributed by atoms with van der Waals surface area (Å²) < 4.78 is 0. The Hall–Kier alpha value is -0.760. The Morgan fingerprint density at radius 3 is 2.71 bits per heavy atom. The van der Waals surface area contributed by atoms with Crippen LogP contribution in [0.1, 0.15) is 27.2 Å². The van der Waals surface area contributed by atoms with E-state index in [9.17, 15) is 0 Å². The van der Waals surface area contributed by atoms with Crippen molar-refractivity contribution >= 4 is 17.3 Å². The van der Waals surface area contributed by atoms with Crippen molar-refractivity contribution in [1.82, 2.24) is 4.98 Å². The van der Waals surface area contributed by atoms with Gasteiger partial charge in [-0.1, -0.05) is 18.5 Å². The molecule has 1 atom stereocenters. The van der Waals surface area contributed by atoms with Gasteiger partial charge < -0.3 is 4.90 Å². The second kappa shape index (κ2) is 5.20. The van der Waals surface area contributed by atoms with Gasteiger partial charge in [-0.3, -0.25) is 0 Å². The number of halogens is 1. The zero-order valence-electron chi connectivity index (χ0n) is 9.00. The molecule has 1 unspecified atom stereocenters. The van der Waals surface area contributed by atoms with Crippen LogP contribution in [0.15, 0.2) is 18.3 Å². The van der Waals surface area contributed by atoms with Gasteiger partial charge in [0.1, 0.15) is 5.15 Å². The van der Waals surface area contributed by atoms with E-state index < -0.39 is 0 Å². The molecule has 1 aromatic rings. The fourth-order valence-electron chi connectivity index (χ4n) is 1.54. The average Bonchev–Trinajstić information content (AvgIpc) is 2.19.